The summed E-state index contributed by atoms with van der Waals surface area (Å²) in [7, 11) is 2.07. The van der Waals surface area contributed by atoms with E-state index in [1.54, 1.807) is 6.33 Å². The van der Waals surface area contributed by atoms with E-state index in [0.29, 0.717) is 17.7 Å². The van der Waals surface area contributed by atoms with Crippen LogP contribution in [0.5, 0.6) is 0 Å². The van der Waals surface area contributed by atoms with Crippen molar-refractivity contribution in [2.45, 2.75) is 25.2 Å². The van der Waals surface area contributed by atoms with Crippen LogP contribution in [-0.4, -0.2) is 57.2 Å². The van der Waals surface area contributed by atoms with Crippen molar-refractivity contribution in [2.24, 2.45) is 5.73 Å². The normalized spacial score (nSPS) is 21.5. The number of nitrogens with zero attached hydrogens (tertiary/aromatic N) is 5. The van der Waals surface area contributed by atoms with Gasteiger partial charge in [0.1, 0.15) is 11.7 Å². The lowest BCUT2D eigenvalue weighted by atomic mass is 10.2. The lowest BCUT2D eigenvalue weighted by Crippen LogP contribution is -2.29. The van der Waals surface area contributed by atoms with E-state index < -0.39 is 0 Å². The first kappa shape index (κ1) is 17.1. The first-order valence-corrected chi connectivity index (χ1v) is 8.31. The van der Waals surface area contributed by atoms with Gasteiger partial charge in [-0.2, -0.15) is 9.97 Å². The molecule has 0 saturated carbocycles. The number of aromatic nitrogens is 4. The molecule has 3 rings (SSSR count). The Hall–Kier alpha value is -1.74. The Morgan fingerprint density at radius 2 is 2.25 bits per heavy atom. The van der Waals surface area contributed by atoms with E-state index in [-0.39, 0.29) is 23.4 Å². The van der Waals surface area contributed by atoms with Crippen LogP contribution in [0.2, 0.25) is 5.28 Å². The average molecular weight is 352 g/mol. The summed E-state index contributed by atoms with van der Waals surface area (Å²) in [4.78, 5) is 14.7. The van der Waals surface area contributed by atoms with Gasteiger partial charge >= 0.3 is 0 Å². The molecule has 24 heavy (non-hydrogen) atoms. The van der Waals surface area contributed by atoms with Gasteiger partial charge in [-0.15, -0.1) is 0 Å². The fourth-order valence-electron chi connectivity index (χ4n) is 2.92. The molecular weight excluding hydrogens is 330 g/mol. The third kappa shape index (κ3) is 3.67. The number of rotatable bonds is 6. The van der Waals surface area contributed by atoms with Crippen molar-refractivity contribution in [3.63, 3.8) is 0 Å². The summed E-state index contributed by atoms with van der Waals surface area (Å²) in [6, 6.07) is 0. The first-order chi connectivity index (χ1) is 11.6. The zero-order chi connectivity index (χ0) is 17.1. The Kier molecular flexibility index (Phi) is 5.30. The average Bonchev–Trinajstić information content (AvgIpc) is 3.14. The monoisotopic (exact) mass is 351 g/mol. The second-order valence-corrected chi connectivity index (χ2v) is 6.26. The summed E-state index contributed by atoms with van der Waals surface area (Å²) < 4.78 is 8.04. The lowest BCUT2D eigenvalue weighted by molar-refractivity contribution is -0.00724. The van der Waals surface area contributed by atoms with Crippen LogP contribution in [-0.2, 0) is 4.74 Å². The molecular formula is C15H22ClN7O. The molecule has 8 nitrogen and oxygen atoms in total. The summed E-state index contributed by atoms with van der Waals surface area (Å²) in [5, 5.41) is 0.114. The van der Waals surface area contributed by atoms with Crippen molar-refractivity contribution in [1.82, 2.24) is 24.4 Å². The van der Waals surface area contributed by atoms with E-state index in [4.69, 9.17) is 27.8 Å². The molecule has 0 unspecified atom stereocenters. The van der Waals surface area contributed by atoms with Crippen molar-refractivity contribution >= 4 is 28.6 Å². The van der Waals surface area contributed by atoms with Crippen LogP contribution < -0.4 is 11.5 Å². The lowest BCUT2D eigenvalue weighted by Gasteiger charge is -2.20. The van der Waals surface area contributed by atoms with Crippen molar-refractivity contribution < 1.29 is 4.74 Å². The van der Waals surface area contributed by atoms with Crippen molar-refractivity contribution in [1.29, 1.82) is 0 Å². The number of fused-ring (bicyclic) bond motifs is 1. The van der Waals surface area contributed by atoms with E-state index in [2.05, 4.69) is 33.0 Å². The van der Waals surface area contributed by atoms with Gasteiger partial charge in [0.2, 0.25) is 5.28 Å². The highest BCUT2D eigenvalue weighted by Gasteiger charge is 2.29. The zero-order valence-corrected chi connectivity index (χ0v) is 14.4. The predicted molar refractivity (Wildman–Crippen MR) is 93.6 cm³/mol. The summed E-state index contributed by atoms with van der Waals surface area (Å²) >= 11 is 5.91. The SMILES string of the molecule is CN(C/C=C\CN)C[C@@H]1CC[C@H](n2cnc3c(N)nc(Cl)nc32)O1. The highest BCUT2D eigenvalue weighted by molar-refractivity contribution is 6.28. The molecule has 0 spiro atoms. The van der Waals surface area contributed by atoms with Gasteiger partial charge in [0.05, 0.1) is 12.4 Å². The summed E-state index contributed by atoms with van der Waals surface area (Å²) in [5.41, 5.74) is 12.5. The molecule has 4 N–H and O–H groups in total. The van der Waals surface area contributed by atoms with Gasteiger partial charge in [0.15, 0.2) is 11.5 Å². The van der Waals surface area contributed by atoms with Gasteiger partial charge in [0.25, 0.3) is 0 Å². The van der Waals surface area contributed by atoms with Gasteiger partial charge in [-0.25, -0.2) is 4.98 Å². The van der Waals surface area contributed by atoms with E-state index >= 15 is 0 Å². The fourth-order valence-corrected chi connectivity index (χ4v) is 3.09. The van der Waals surface area contributed by atoms with Crippen molar-refractivity contribution in [3.05, 3.63) is 23.8 Å². The maximum Gasteiger partial charge on any atom is 0.226 e. The number of ether oxygens (including phenoxy) is 1. The Morgan fingerprint density at radius 3 is 3.04 bits per heavy atom. The highest BCUT2D eigenvalue weighted by Crippen LogP contribution is 2.31. The molecule has 1 fully saturated rings. The van der Waals surface area contributed by atoms with E-state index in [1.165, 1.54) is 0 Å². The Labute approximate surface area is 145 Å². The third-order valence-corrected chi connectivity index (χ3v) is 4.22. The maximum atomic E-state index is 6.16. The van der Waals surface area contributed by atoms with Crippen LogP contribution in [0.1, 0.15) is 19.1 Å². The molecule has 0 bridgehead atoms. The minimum absolute atomic E-state index is 0.113. The van der Waals surface area contributed by atoms with Gasteiger partial charge in [0, 0.05) is 19.6 Å². The molecule has 0 amide bonds. The third-order valence-electron chi connectivity index (χ3n) is 4.05. The van der Waals surface area contributed by atoms with E-state index in [1.807, 2.05) is 10.6 Å². The quantitative estimate of drug-likeness (QED) is 0.594. The molecule has 9 heteroatoms. The minimum Gasteiger partial charge on any atom is -0.382 e. The second-order valence-electron chi connectivity index (χ2n) is 5.92. The molecule has 2 aromatic rings. The zero-order valence-electron chi connectivity index (χ0n) is 13.6. The van der Waals surface area contributed by atoms with E-state index in [0.717, 1.165) is 25.9 Å². The second kappa shape index (κ2) is 7.43. The molecule has 130 valence electrons. The molecule has 2 atom stereocenters. The number of anilines is 1. The predicted octanol–water partition coefficient (Wildman–Crippen LogP) is 1.19. The van der Waals surface area contributed by atoms with Gasteiger partial charge in [-0.05, 0) is 31.5 Å². The largest absolute Gasteiger partial charge is 0.382 e. The highest BCUT2D eigenvalue weighted by atomic mass is 35.5. The van der Waals surface area contributed by atoms with Crippen LogP contribution in [0.3, 0.4) is 0 Å². The maximum absolute atomic E-state index is 6.16. The fraction of sp³-hybridized carbons (Fsp3) is 0.533. The molecule has 0 aromatic carbocycles. The molecule has 1 aliphatic rings. The number of nitrogens with two attached hydrogens (primary N) is 2. The summed E-state index contributed by atoms with van der Waals surface area (Å²) in [6.07, 6.45) is 7.63. The molecule has 3 heterocycles. The number of imidazole rings is 1. The summed E-state index contributed by atoms with van der Waals surface area (Å²) in [5.74, 6) is 0.282. The topological polar surface area (TPSA) is 108 Å². The number of hydrogen-bond donors (Lipinski definition) is 2. The molecule has 1 saturated heterocycles. The van der Waals surface area contributed by atoms with Gasteiger partial charge in [-0.1, -0.05) is 12.2 Å². The van der Waals surface area contributed by atoms with Gasteiger partial charge in [-0.3, -0.25) is 4.57 Å². The molecule has 0 radical (unpaired) electrons. The minimum atomic E-state index is -0.113. The Balaban J connectivity index is 1.67. The molecule has 1 aliphatic heterocycles. The van der Waals surface area contributed by atoms with Crippen LogP contribution in [0, 0.1) is 0 Å². The Bertz CT molecular complexity index is 732. The van der Waals surface area contributed by atoms with E-state index in [9.17, 15) is 0 Å². The van der Waals surface area contributed by atoms with Crippen LogP contribution >= 0.6 is 11.6 Å². The summed E-state index contributed by atoms with van der Waals surface area (Å²) in [6.45, 7) is 2.28. The number of hydrogen-bond acceptors (Lipinski definition) is 7. The first-order valence-electron chi connectivity index (χ1n) is 7.93. The smallest absolute Gasteiger partial charge is 0.226 e. The van der Waals surface area contributed by atoms with Crippen LogP contribution in [0.25, 0.3) is 11.2 Å². The Morgan fingerprint density at radius 1 is 1.42 bits per heavy atom. The molecule has 2 aromatic heterocycles. The van der Waals surface area contributed by atoms with Gasteiger partial charge < -0.3 is 21.1 Å². The standard InChI is InChI=1S/C15H22ClN7O/c1-22(7-3-2-6-17)8-10-4-5-11(24-10)23-9-19-12-13(18)20-15(16)21-14(12)23/h2-3,9-11H,4-8,17H2,1H3,(H2,18,20,21)/b3-2-/t10-,11+/m0/s1. The van der Waals surface area contributed by atoms with Crippen molar-refractivity contribution in [2.75, 3.05) is 32.4 Å². The number of likely N-dealkylation sites (N-methyl/N-ethyl adjacent to an activating group) is 1. The number of nitrogen functional groups attached to an aromatic ring is 1. The molecule has 0 aliphatic carbocycles. The van der Waals surface area contributed by atoms with Crippen LogP contribution in [0.15, 0.2) is 18.5 Å². The van der Waals surface area contributed by atoms with Crippen LogP contribution in [0.4, 0.5) is 5.82 Å². The van der Waals surface area contributed by atoms with Crippen molar-refractivity contribution in [3.8, 4) is 0 Å². The number of halogens is 1.